The fourth-order valence-corrected chi connectivity index (χ4v) is 1.40. The van der Waals surface area contributed by atoms with Crippen molar-refractivity contribution in [3.63, 3.8) is 0 Å². The summed E-state index contributed by atoms with van der Waals surface area (Å²) in [4.78, 5) is 18.7. The van der Waals surface area contributed by atoms with E-state index in [9.17, 15) is 4.79 Å². The van der Waals surface area contributed by atoms with Crippen molar-refractivity contribution >= 4 is 28.6 Å². The smallest absolute Gasteiger partial charge is 0.337 e. The van der Waals surface area contributed by atoms with Crippen LogP contribution in [0.4, 0.5) is 0 Å². The molecule has 0 fully saturated rings. The largest absolute Gasteiger partial charge is 0.478 e. The number of carboxylic acids is 1. The molecule has 14 heavy (non-hydrogen) atoms. The lowest BCUT2D eigenvalue weighted by Gasteiger charge is -2.01. The molecule has 4 nitrogen and oxygen atoms in total. The van der Waals surface area contributed by atoms with E-state index in [2.05, 4.69) is 9.97 Å². The van der Waals surface area contributed by atoms with Crippen molar-refractivity contribution in [3.8, 4) is 0 Å². The van der Waals surface area contributed by atoms with Crippen LogP contribution in [0.3, 0.4) is 0 Å². The molecule has 2 rings (SSSR count). The molecular weight excluding hydrogens is 204 g/mol. The predicted molar refractivity (Wildman–Crippen MR) is 51.5 cm³/mol. The van der Waals surface area contributed by atoms with Gasteiger partial charge in [0.25, 0.3) is 0 Å². The van der Waals surface area contributed by atoms with Crippen molar-refractivity contribution in [1.29, 1.82) is 0 Å². The van der Waals surface area contributed by atoms with E-state index in [0.29, 0.717) is 16.1 Å². The number of hydrogen-bond acceptors (Lipinski definition) is 3. The standard InChI is InChI=1S/C9H5ClN2O2/c10-6-2-1-5(9(13)14)7-8(6)12-4-3-11-7/h1-4H,(H,13,14). The molecule has 0 unspecified atom stereocenters. The summed E-state index contributed by atoms with van der Waals surface area (Å²) in [5.41, 5.74) is 0.832. The lowest BCUT2D eigenvalue weighted by atomic mass is 10.2. The molecule has 1 aromatic heterocycles. The van der Waals surface area contributed by atoms with Crippen LogP contribution in [0.15, 0.2) is 24.5 Å². The number of rotatable bonds is 1. The maximum atomic E-state index is 10.8. The zero-order valence-corrected chi connectivity index (χ0v) is 7.69. The molecule has 0 aliphatic rings. The molecule has 0 radical (unpaired) electrons. The minimum Gasteiger partial charge on any atom is -0.478 e. The Labute approximate surface area is 84.2 Å². The van der Waals surface area contributed by atoms with Gasteiger partial charge in [-0.3, -0.25) is 9.97 Å². The molecule has 1 heterocycles. The molecule has 5 heteroatoms. The quantitative estimate of drug-likeness (QED) is 0.779. The van der Waals surface area contributed by atoms with E-state index in [1.807, 2.05) is 0 Å². The highest BCUT2D eigenvalue weighted by molar-refractivity contribution is 6.35. The molecule has 0 saturated heterocycles. The van der Waals surface area contributed by atoms with E-state index in [1.165, 1.54) is 24.5 Å². The van der Waals surface area contributed by atoms with Crippen LogP contribution < -0.4 is 0 Å². The summed E-state index contributed by atoms with van der Waals surface area (Å²) in [6.45, 7) is 0. The number of aromatic carboxylic acids is 1. The first-order valence-corrected chi connectivity index (χ1v) is 4.20. The molecule has 0 atom stereocenters. The Bertz CT molecular complexity index is 513. The maximum absolute atomic E-state index is 10.8. The van der Waals surface area contributed by atoms with Crippen molar-refractivity contribution in [2.45, 2.75) is 0 Å². The Morgan fingerprint density at radius 3 is 2.50 bits per heavy atom. The first kappa shape index (κ1) is 8.90. The summed E-state index contributed by atoms with van der Waals surface area (Å²) in [5.74, 6) is -1.04. The molecule has 0 bridgehead atoms. The van der Waals surface area contributed by atoms with Crippen LogP contribution >= 0.6 is 11.6 Å². The number of carboxylic acid groups (broad SMARTS) is 1. The Morgan fingerprint density at radius 1 is 1.21 bits per heavy atom. The van der Waals surface area contributed by atoms with E-state index in [1.54, 1.807) is 0 Å². The Hall–Kier alpha value is -1.68. The Kier molecular flexibility index (Phi) is 2.05. The van der Waals surface area contributed by atoms with E-state index >= 15 is 0 Å². The van der Waals surface area contributed by atoms with E-state index in [-0.39, 0.29) is 5.56 Å². The number of carbonyl (C=O) groups is 1. The van der Waals surface area contributed by atoms with Gasteiger partial charge in [-0.1, -0.05) is 11.6 Å². The number of nitrogens with zero attached hydrogens (tertiary/aromatic N) is 2. The van der Waals surface area contributed by atoms with Gasteiger partial charge in [-0.15, -0.1) is 0 Å². The van der Waals surface area contributed by atoms with Crippen LogP contribution in [0.5, 0.6) is 0 Å². The van der Waals surface area contributed by atoms with Gasteiger partial charge in [0.1, 0.15) is 11.0 Å². The van der Waals surface area contributed by atoms with E-state index in [4.69, 9.17) is 16.7 Å². The third-order valence-corrected chi connectivity index (χ3v) is 2.11. The summed E-state index contributed by atoms with van der Waals surface area (Å²) >= 11 is 5.84. The second-order valence-electron chi connectivity index (χ2n) is 2.65. The SMILES string of the molecule is O=C(O)c1ccc(Cl)c2nccnc12. The Morgan fingerprint density at radius 2 is 1.86 bits per heavy atom. The summed E-state index contributed by atoms with van der Waals surface area (Å²) in [7, 11) is 0. The van der Waals surface area contributed by atoms with Crippen LogP contribution in [-0.4, -0.2) is 21.0 Å². The fraction of sp³-hybridized carbons (Fsp3) is 0. The van der Waals surface area contributed by atoms with Crippen LogP contribution in [0.1, 0.15) is 10.4 Å². The van der Waals surface area contributed by atoms with Gasteiger partial charge >= 0.3 is 5.97 Å². The number of hydrogen-bond donors (Lipinski definition) is 1. The maximum Gasteiger partial charge on any atom is 0.337 e. The summed E-state index contributed by atoms with van der Waals surface area (Å²) in [6.07, 6.45) is 2.91. The molecule has 0 amide bonds. The van der Waals surface area contributed by atoms with Gasteiger partial charge in [0.2, 0.25) is 0 Å². The summed E-state index contributed by atoms with van der Waals surface area (Å²) < 4.78 is 0. The van der Waals surface area contributed by atoms with Gasteiger partial charge in [0, 0.05) is 12.4 Å². The average Bonchev–Trinajstić information content (AvgIpc) is 2.18. The third kappa shape index (κ3) is 1.29. The van der Waals surface area contributed by atoms with Crippen molar-refractivity contribution in [1.82, 2.24) is 9.97 Å². The van der Waals surface area contributed by atoms with Crippen molar-refractivity contribution < 1.29 is 9.90 Å². The molecule has 0 aliphatic heterocycles. The second-order valence-corrected chi connectivity index (χ2v) is 3.06. The molecule has 2 aromatic rings. The molecule has 0 aliphatic carbocycles. The number of aromatic nitrogens is 2. The topological polar surface area (TPSA) is 63.1 Å². The summed E-state index contributed by atoms with van der Waals surface area (Å²) in [6, 6.07) is 2.92. The van der Waals surface area contributed by atoms with Gasteiger partial charge in [0.15, 0.2) is 0 Å². The highest BCUT2D eigenvalue weighted by atomic mass is 35.5. The van der Waals surface area contributed by atoms with Crippen molar-refractivity contribution in [3.05, 3.63) is 35.1 Å². The lowest BCUT2D eigenvalue weighted by Crippen LogP contribution is -1.99. The van der Waals surface area contributed by atoms with Crippen molar-refractivity contribution in [2.24, 2.45) is 0 Å². The van der Waals surface area contributed by atoms with Gasteiger partial charge < -0.3 is 5.11 Å². The summed E-state index contributed by atoms with van der Waals surface area (Å²) in [5, 5.41) is 9.26. The lowest BCUT2D eigenvalue weighted by molar-refractivity contribution is 0.0699. The molecule has 1 N–H and O–H groups in total. The van der Waals surface area contributed by atoms with Gasteiger partial charge in [0.05, 0.1) is 10.6 Å². The second kappa shape index (κ2) is 3.23. The van der Waals surface area contributed by atoms with E-state index < -0.39 is 5.97 Å². The average molecular weight is 209 g/mol. The molecule has 0 saturated carbocycles. The minimum absolute atomic E-state index is 0.109. The first-order chi connectivity index (χ1) is 6.70. The van der Waals surface area contributed by atoms with Crippen LogP contribution in [-0.2, 0) is 0 Å². The number of fused-ring (bicyclic) bond motifs is 1. The van der Waals surface area contributed by atoms with Crippen LogP contribution in [0.2, 0.25) is 5.02 Å². The number of halogens is 1. The van der Waals surface area contributed by atoms with Crippen LogP contribution in [0, 0.1) is 0 Å². The molecular formula is C9H5ClN2O2. The molecule has 70 valence electrons. The van der Waals surface area contributed by atoms with E-state index in [0.717, 1.165) is 0 Å². The first-order valence-electron chi connectivity index (χ1n) is 3.82. The minimum atomic E-state index is -1.04. The zero-order valence-electron chi connectivity index (χ0n) is 6.94. The van der Waals surface area contributed by atoms with Gasteiger partial charge in [-0.25, -0.2) is 4.79 Å². The fourth-order valence-electron chi connectivity index (χ4n) is 1.20. The normalized spacial score (nSPS) is 10.4. The predicted octanol–water partition coefficient (Wildman–Crippen LogP) is 1.98. The highest BCUT2D eigenvalue weighted by Gasteiger charge is 2.11. The van der Waals surface area contributed by atoms with Gasteiger partial charge in [-0.05, 0) is 12.1 Å². The van der Waals surface area contributed by atoms with Gasteiger partial charge in [-0.2, -0.15) is 0 Å². The number of benzene rings is 1. The molecule has 0 spiro atoms. The molecule has 1 aromatic carbocycles. The third-order valence-electron chi connectivity index (χ3n) is 1.81. The monoisotopic (exact) mass is 208 g/mol. The van der Waals surface area contributed by atoms with Crippen LogP contribution in [0.25, 0.3) is 11.0 Å². The van der Waals surface area contributed by atoms with Crippen molar-refractivity contribution in [2.75, 3.05) is 0 Å². The zero-order chi connectivity index (χ0) is 10.1. The highest BCUT2D eigenvalue weighted by Crippen LogP contribution is 2.22. The Balaban J connectivity index is 2.88.